The Labute approximate surface area is 175 Å². The number of sulfonamides is 1. The summed E-state index contributed by atoms with van der Waals surface area (Å²) >= 11 is 3.36. The summed E-state index contributed by atoms with van der Waals surface area (Å²) in [5.74, 6) is -0.330. The zero-order valence-corrected chi connectivity index (χ0v) is 18.3. The molecule has 1 N–H and O–H groups in total. The van der Waals surface area contributed by atoms with E-state index in [9.17, 15) is 13.2 Å². The minimum Gasteiger partial charge on any atom is -0.325 e. The molecule has 1 aliphatic rings. The molecule has 0 unspecified atom stereocenters. The molecule has 0 saturated heterocycles. The molecule has 7 heteroatoms. The van der Waals surface area contributed by atoms with Gasteiger partial charge in [0.25, 0.3) is 0 Å². The number of hydrogen-bond donors (Lipinski definition) is 1. The van der Waals surface area contributed by atoms with Gasteiger partial charge in [0.15, 0.2) is 0 Å². The number of anilines is 1. The maximum absolute atomic E-state index is 13.3. The van der Waals surface area contributed by atoms with E-state index >= 15 is 0 Å². The lowest BCUT2D eigenvalue weighted by Crippen LogP contribution is -2.45. The number of carbonyl (C=O) groups excluding carboxylic acids is 1. The van der Waals surface area contributed by atoms with E-state index in [0.717, 1.165) is 42.1 Å². The van der Waals surface area contributed by atoms with E-state index in [-0.39, 0.29) is 23.4 Å². The molecule has 150 valence electrons. The van der Waals surface area contributed by atoms with Crippen LogP contribution >= 0.6 is 15.9 Å². The van der Waals surface area contributed by atoms with Crippen LogP contribution in [0.5, 0.6) is 0 Å². The second-order valence-electron chi connectivity index (χ2n) is 7.21. The number of nitrogens with one attached hydrogen (secondary N) is 1. The summed E-state index contributed by atoms with van der Waals surface area (Å²) in [7, 11) is -3.75. The van der Waals surface area contributed by atoms with E-state index in [2.05, 4.69) is 21.2 Å². The van der Waals surface area contributed by atoms with E-state index < -0.39 is 10.0 Å². The van der Waals surface area contributed by atoms with E-state index in [0.29, 0.717) is 5.69 Å². The molecule has 2 aromatic carbocycles. The molecule has 3 rings (SSSR count). The highest BCUT2D eigenvalue weighted by Crippen LogP contribution is 2.28. The van der Waals surface area contributed by atoms with Crippen molar-refractivity contribution in [3.8, 4) is 0 Å². The van der Waals surface area contributed by atoms with Crippen molar-refractivity contribution in [1.82, 2.24) is 4.31 Å². The monoisotopic (exact) mass is 464 g/mol. The zero-order valence-electron chi connectivity index (χ0n) is 15.9. The summed E-state index contributed by atoms with van der Waals surface area (Å²) in [5, 5.41) is 2.81. The summed E-state index contributed by atoms with van der Waals surface area (Å²) in [6, 6.07) is 13.9. The predicted octanol–water partition coefficient (Wildman–Crippen LogP) is 4.72. The number of hydrogen-bond acceptors (Lipinski definition) is 3. The smallest absolute Gasteiger partial charge is 0.243 e. The maximum atomic E-state index is 13.3. The quantitative estimate of drug-likeness (QED) is 0.672. The van der Waals surface area contributed by atoms with Gasteiger partial charge in [-0.05, 0) is 56.2 Å². The highest BCUT2D eigenvalue weighted by Gasteiger charge is 2.33. The van der Waals surface area contributed by atoms with Crippen LogP contribution in [0, 0.1) is 6.92 Å². The average molecular weight is 465 g/mol. The van der Waals surface area contributed by atoms with E-state index in [4.69, 9.17) is 0 Å². The molecule has 0 aliphatic heterocycles. The van der Waals surface area contributed by atoms with E-state index in [1.54, 1.807) is 36.4 Å². The van der Waals surface area contributed by atoms with E-state index in [1.807, 2.05) is 19.1 Å². The lowest BCUT2D eigenvalue weighted by molar-refractivity contribution is -0.116. The molecule has 1 amide bonds. The lowest BCUT2D eigenvalue weighted by Gasteiger charge is -2.33. The molecule has 28 heavy (non-hydrogen) atoms. The molecule has 1 fully saturated rings. The standard InChI is InChI=1S/C21H25BrN2O3S/c1-16-7-13-20(14-8-16)28(26,27)24(19-5-3-2-4-6-19)15-21(25)23-18-11-9-17(22)10-12-18/h7-14,19H,2-6,15H2,1H3,(H,23,25). The topological polar surface area (TPSA) is 66.5 Å². The van der Waals surface area contributed by atoms with Crippen molar-refractivity contribution in [2.24, 2.45) is 0 Å². The maximum Gasteiger partial charge on any atom is 0.243 e. The van der Waals surface area contributed by atoms with Gasteiger partial charge in [0.1, 0.15) is 0 Å². The van der Waals surface area contributed by atoms with Crippen molar-refractivity contribution in [2.75, 3.05) is 11.9 Å². The van der Waals surface area contributed by atoms with Gasteiger partial charge in [-0.1, -0.05) is 52.9 Å². The Morgan fingerprint density at radius 2 is 1.64 bits per heavy atom. The third-order valence-electron chi connectivity index (χ3n) is 5.04. The first-order valence-corrected chi connectivity index (χ1v) is 11.7. The van der Waals surface area contributed by atoms with Gasteiger partial charge in [0, 0.05) is 16.2 Å². The molecule has 5 nitrogen and oxygen atoms in total. The number of amides is 1. The average Bonchev–Trinajstić information content (AvgIpc) is 2.69. The summed E-state index contributed by atoms with van der Waals surface area (Å²) in [6.07, 6.45) is 4.66. The molecule has 2 aromatic rings. The molecule has 1 aliphatic carbocycles. The SMILES string of the molecule is Cc1ccc(S(=O)(=O)N(CC(=O)Nc2ccc(Br)cc2)C2CCCCC2)cc1. The van der Waals surface area contributed by atoms with Crippen molar-refractivity contribution >= 4 is 37.5 Å². The van der Waals surface area contributed by atoms with Gasteiger partial charge in [-0.25, -0.2) is 8.42 Å². The van der Waals surface area contributed by atoms with Crippen molar-refractivity contribution in [2.45, 2.75) is 50.0 Å². The van der Waals surface area contributed by atoms with Crippen LogP contribution in [0.3, 0.4) is 0 Å². The van der Waals surface area contributed by atoms with Crippen molar-refractivity contribution in [3.63, 3.8) is 0 Å². The third kappa shape index (κ3) is 5.21. The number of aryl methyl sites for hydroxylation is 1. The second-order valence-corrected chi connectivity index (χ2v) is 10.0. The first-order valence-electron chi connectivity index (χ1n) is 9.50. The van der Waals surface area contributed by atoms with Crippen LogP contribution in [-0.2, 0) is 14.8 Å². The molecule has 1 saturated carbocycles. The van der Waals surface area contributed by atoms with Crippen LogP contribution in [-0.4, -0.2) is 31.2 Å². The Hall–Kier alpha value is -1.70. The molecule has 0 heterocycles. The Bertz CT molecular complexity index is 906. The minimum absolute atomic E-state index is 0.143. The summed E-state index contributed by atoms with van der Waals surface area (Å²) in [6.45, 7) is 1.73. The van der Waals surface area contributed by atoms with Gasteiger partial charge < -0.3 is 5.32 Å². The third-order valence-corrected chi connectivity index (χ3v) is 7.48. The summed E-state index contributed by atoms with van der Waals surface area (Å²) < 4.78 is 28.9. The molecule has 0 aromatic heterocycles. The van der Waals surface area contributed by atoms with Crippen LogP contribution in [0.2, 0.25) is 0 Å². The molecule has 0 spiro atoms. The van der Waals surface area contributed by atoms with Gasteiger partial charge in [-0.2, -0.15) is 4.31 Å². The number of benzene rings is 2. The van der Waals surface area contributed by atoms with Crippen LogP contribution < -0.4 is 5.32 Å². The van der Waals surface area contributed by atoms with Gasteiger partial charge >= 0.3 is 0 Å². The molecule has 0 atom stereocenters. The fourth-order valence-electron chi connectivity index (χ4n) is 3.50. The normalized spacial score (nSPS) is 15.5. The first-order chi connectivity index (χ1) is 13.4. The highest BCUT2D eigenvalue weighted by molar-refractivity contribution is 9.10. The molecular formula is C21H25BrN2O3S. The molecular weight excluding hydrogens is 440 g/mol. The fraction of sp³-hybridized carbons (Fsp3) is 0.381. The van der Waals surface area contributed by atoms with Gasteiger partial charge in [0.05, 0.1) is 11.4 Å². The van der Waals surface area contributed by atoms with E-state index in [1.165, 1.54) is 4.31 Å². The van der Waals surface area contributed by atoms with Crippen LogP contribution in [0.25, 0.3) is 0 Å². The van der Waals surface area contributed by atoms with Crippen molar-refractivity contribution < 1.29 is 13.2 Å². The minimum atomic E-state index is -3.75. The van der Waals surface area contributed by atoms with Gasteiger partial charge in [-0.15, -0.1) is 0 Å². The highest BCUT2D eigenvalue weighted by atomic mass is 79.9. The van der Waals surface area contributed by atoms with Crippen LogP contribution in [0.4, 0.5) is 5.69 Å². The van der Waals surface area contributed by atoms with Crippen LogP contribution in [0.1, 0.15) is 37.7 Å². The predicted molar refractivity (Wildman–Crippen MR) is 115 cm³/mol. The largest absolute Gasteiger partial charge is 0.325 e. The Balaban J connectivity index is 1.83. The van der Waals surface area contributed by atoms with Crippen molar-refractivity contribution in [1.29, 1.82) is 0 Å². The summed E-state index contributed by atoms with van der Waals surface area (Å²) in [5.41, 5.74) is 1.64. The van der Waals surface area contributed by atoms with Gasteiger partial charge in [-0.3, -0.25) is 4.79 Å². The summed E-state index contributed by atoms with van der Waals surface area (Å²) in [4.78, 5) is 12.9. The molecule has 0 bridgehead atoms. The van der Waals surface area contributed by atoms with Gasteiger partial charge in [0.2, 0.25) is 15.9 Å². The first kappa shape index (κ1) is 21.0. The second kappa shape index (κ2) is 9.20. The van der Waals surface area contributed by atoms with Crippen molar-refractivity contribution in [3.05, 3.63) is 58.6 Å². The lowest BCUT2D eigenvalue weighted by atomic mass is 9.95. The number of halogens is 1. The number of rotatable bonds is 6. The fourth-order valence-corrected chi connectivity index (χ4v) is 5.41. The zero-order chi connectivity index (χ0) is 20.1. The molecule has 0 radical (unpaired) electrons. The Morgan fingerprint density at radius 3 is 2.25 bits per heavy atom. The Morgan fingerprint density at radius 1 is 1.04 bits per heavy atom. The number of carbonyl (C=O) groups is 1. The van der Waals surface area contributed by atoms with Crippen LogP contribution in [0.15, 0.2) is 57.9 Å². The Kier molecular flexibility index (Phi) is 6.91. The number of nitrogens with zero attached hydrogens (tertiary/aromatic N) is 1.